The van der Waals surface area contributed by atoms with Gasteiger partial charge in [0.15, 0.2) is 0 Å². The Morgan fingerprint density at radius 3 is 2.36 bits per heavy atom. The molecule has 186 valence electrons. The first-order valence-electron chi connectivity index (χ1n) is 13.9. The lowest BCUT2D eigenvalue weighted by molar-refractivity contribution is -0.195. The van der Waals surface area contributed by atoms with E-state index in [0.29, 0.717) is 30.3 Å². The van der Waals surface area contributed by atoms with E-state index in [0.717, 1.165) is 38.5 Å². The minimum Gasteiger partial charge on any atom is -0.481 e. The summed E-state index contributed by atoms with van der Waals surface area (Å²) in [6.07, 6.45) is 13.5. The van der Waals surface area contributed by atoms with Crippen molar-refractivity contribution in [3.05, 3.63) is 11.6 Å². The molecule has 0 bridgehead atoms. The third-order valence-electron chi connectivity index (χ3n) is 13.3. The normalized spacial score (nSPS) is 56.0. The first-order valence-corrected chi connectivity index (χ1v) is 13.9. The summed E-state index contributed by atoms with van der Waals surface area (Å²) in [5, 5.41) is 20.9. The standard InChI is InChI=1S/C30H48O3/c1-19-10-15-30(25(32)33)17-16-28(5)21(24(30)20(19)2)8-9-23-27(4)13-7-12-26(3,18-31)22(27)11-14-29(23,28)6/h8,19-20,22-24,31H,7,9-18H2,1-6H3,(H,32,33)/t19-,20?,22?,23?,24?,26-,27?,28-,29?,30?/m1/s1. The van der Waals surface area contributed by atoms with E-state index in [1.54, 1.807) is 0 Å². The van der Waals surface area contributed by atoms with E-state index in [9.17, 15) is 15.0 Å². The molecular weight excluding hydrogens is 408 g/mol. The van der Waals surface area contributed by atoms with Crippen molar-refractivity contribution in [1.82, 2.24) is 0 Å². The molecule has 10 atom stereocenters. The fourth-order valence-electron chi connectivity index (χ4n) is 11.0. The van der Waals surface area contributed by atoms with Gasteiger partial charge in [-0.1, -0.05) is 59.6 Å². The molecule has 7 unspecified atom stereocenters. The Labute approximate surface area is 201 Å². The molecule has 0 aromatic rings. The number of carbonyl (C=O) groups is 1. The molecule has 33 heavy (non-hydrogen) atoms. The van der Waals surface area contributed by atoms with Crippen LogP contribution in [0.25, 0.3) is 0 Å². The summed E-state index contributed by atoms with van der Waals surface area (Å²) in [4.78, 5) is 12.8. The van der Waals surface area contributed by atoms with Crippen molar-refractivity contribution >= 4 is 5.97 Å². The maximum atomic E-state index is 12.8. The summed E-state index contributed by atoms with van der Waals surface area (Å²) < 4.78 is 0. The minimum absolute atomic E-state index is 0.0531. The maximum absolute atomic E-state index is 12.8. The van der Waals surface area contributed by atoms with Crippen LogP contribution >= 0.6 is 0 Å². The third kappa shape index (κ3) is 2.81. The molecule has 0 amide bonds. The maximum Gasteiger partial charge on any atom is 0.310 e. The molecule has 5 aliphatic rings. The number of hydrogen-bond acceptors (Lipinski definition) is 2. The van der Waals surface area contributed by atoms with Crippen LogP contribution in [0.15, 0.2) is 11.6 Å². The van der Waals surface area contributed by atoms with Gasteiger partial charge in [-0.15, -0.1) is 0 Å². The zero-order valence-electron chi connectivity index (χ0n) is 22.0. The highest BCUT2D eigenvalue weighted by Crippen LogP contribution is 2.75. The van der Waals surface area contributed by atoms with Crippen LogP contribution < -0.4 is 0 Å². The van der Waals surface area contributed by atoms with Gasteiger partial charge in [0, 0.05) is 6.61 Å². The van der Waals surface area contributed by atoms with Crippen molar-refractivity contribution in [1.29, 1.82) is 0 Å². The van der Waals surface area contributed by atoms with E-state index in [2.05, 4.69) is 47.6 Å². The van der Waals surface area contributed by atoms with Gasteiger partial charge in [-0.05, 0) is 109 Å². The highest BCUT2D eigenvalue weighted by Gasteiger charge is 2.69. The Morgan fingerprint density at radius 2 is 1.70 bits per heavy atom. The smallest absolute Gasteiger partial charge is 0.310 e. The Morgan fingerprint density at radius 1 is 0.970 bits per heavy atom. The van der Waals surface area contributed by atoms with Crippen molar-refractivity contribution in [2.75, 3.05) is 6.61 Å². The molecule has 3 nitrogen and oxygen atoms in total. The zero-order valence-corrected chi connectivity index (χ0v) is 22.0. The lowest BCUT2D eigenvalue weighted by Crippen LogP contribution is -2.64. The van der Waals surface area contributed by atoms with Crippen LogP contribution in [0.1, 0.15) is 106 Å². The number of rotatable bonds is 2. The molecule has 0 aromatic carbocycles. The summed E-state index contributed by atoms with van der Waals surface area (Å²) in [7, 11) is 0. The van der Waals surface area contributed by atoms with Crippen LogP contribution in [0.4, 0.5) is 0 Å². The molecule has 0 aliphatic heterocycles. The average Bonchev–Trinajstić information content (AvgIpc) is 2.76. The summed E-state index contributed by atoms with van der Waals surface area (Å²) in [5.74, 6) is 1.89. The largest absolute Gasteiger partial charge is 0.481 e. The third-order valence-corrected chi connectivity index (χ3v) is 13.3. The first kappa shape index (κ1) is 23.9. The molecule has 4 saturated carbocycles. The topological polar surface area (TPSA) is 57.5 Å². The number of aliphatic hydroxyl groups is 1. The van der Waals surface area contributed by atoms with Gasteiger partial charge in [-0.25, -0.2) is 0 Å². The molecular formula is C30H48O3. The van der Waals surface area contributed by atoms with Crippen molar-refractivity contribution < 1.29 is 15.0 Å². The second-order valence-corrected chi connectivity index (χ2v) is 14.3. The van der Waals surface area contributed by atoms with Crippen LogP contribution in [-0.2, 0) is 4.79 Å². The van der Waals surface area contributed by atoms with E-state index < -0.39 is 11.4 Å². The number of aliphatic hydroxyl groups excluding tert-OH is 1. The van der Waals surface area contributed by atoms with Crippen LogP contribution in [0.5, 0.6) is 0 Å². The number of carboxylic acid groups (broad SMARTS) is 1. The summed E-state index contributed by atoms with van der Waals surface area (Å²) in [5.41, 5.74) is 1.59. The van der Waals surface area contributed by atoms with Crippen molar-refractivity contribution in [2.45, 2.75) is 106 Å². The van der Waals surface area contributed by atoms with Gasteiger partial charge in [0.05, 0.1) is 5.41 Å². The average molecular weight is 457 g/mol. The Kier molecular flexibility index (Phi) is 5.31. The molecule has 3 heteroatoms. The zero-order chi connectivity index (χ0) is 24.0. The molecule has 0 spiro atoms. The Balaban J connectivity index is 1.61. The van der Waals surface area contributed by atoms with Crippen LogP contribution in [0.3, 0.4) is 0 Å². The van der Waals surface area contributed by atoms with Gasteiger partial charge in [-0.3, -0.25) is 4.79 Å². The molecule has 0 radical (unpaired) electrons. The van der Waals surface area contributed by atoms with Crippen LogP contribution in [0.2, 0.25) is 0 Å². The predicted molar refractivity (Wildman–Crippen MR) is 133 cm³/mol. The summed E-state index contributed by atoms with van der Waals surface area (Å²) >= 11 is 0. The quantitative estimate of drug-likeness (QED) is 0.436. The van der Waals surface area contributed by atoms with Gasteiger partial charge in [0.1, 0.15) is 0 Å². The van der Waals surface area contributed by atoms with Gasteiger partial charge in [0.25, 0.3) is 0 Å². The summed E-state index contributed by atoms with van der Waals surface area (Å²) in [6, 6.07) is 0. The minimum atomic E-state index is -0.554. The SMILES string of the molecule is CC1C2C3=CCC4C5(C)CCC[C@](C)(CO)C5CCC4(C)[C@]3(C)CCC2(C(=O)O)CC[C@H]1C. The number of aliphatic carboxylic acids is 1. The summed E-state index contributed by atoms with van der Waals surface area (Å²) in [6.45, 7) is 15.0. The lowest BCUT2D eigenvalue weighted by Gasteiger charge is -2.71. The second-order valence-electron chi connectivity index (χ2n) is 14.3. The van der Waals surface area contributed by atoms with Crippen molar-refractivity contribution in [3.8, 4) is 0 Å². The molecule has 2 N–H and O–H groups in total. The Hall–Kier alpha value is -0.830. The van der Waals surface area contributed by atoms with E-state index in [-0.39, 0.29) is 27.6 Å². The molecule has 5 aliphatic carbocycles. The molecule has 4 fully saturated rings. The van der Waals surface area contributed by atoms with E-state index in [1.807, 2.05) is 0 Å². The number of allylic oxidation sites excluding steroid dienone is 2. The molecule has 0 aromatic heterocycles. The molecule has 5 rings (SSSR count). The van der Waals surface area contributed by atoms with Gasteiger partial charge in [0.2, 0.25) is 0 Å². The van der Waals surface area contributed by atoms with E-state index in [1.165, 1.54) is 31.3 Å². The highest BCUT2D eigenvalue weighted by atomic mass is 16.4. The highest BCUT2D eigenvalue weighted by molar-refractivity contribution is 5.76. The molecule has 0 heterocycles. The van der Waals surface area contributed by atoms with E-state index >= 15 is 0 Å². The second kappa shape index (κ2) is 7.34. The molecule has 0 saturated heterocycles. The first-order chi connectivity index (χ1) is 15.4. The number of carboxylic acids is 1. The predicted octanol–water partition coefficient (Wildman–Crippen LogP) is 7.09. The van der Waals surface area contributed by atoms with Crippen molar-refractivity contribution in [2.24, 2.45) is 56.7 Å². The lowest BCUT2D eigenvalue weighted by atomic mass is 9.33. The fourth-order valence-corrected chi connectivity index (χ4v) is 11.0. The van der Waals surface area contributed by atoms with Crippen LogP contribution in [0, 0.1) is 56.7 Å². The van der Waals surface area contributed by atoms with E-state index in [4.69, 9.17) is 0 Å². The van der Waals surface area contributed by atoms with Gasteiger partial charge in [-0.2, -0.15) is 0 Å². The number of fused-ring (bicyclic) bond motifs is 7. The van der Waals surface area contributed by atoms with Crippen LogP contribution in [-0.4, -0.2) is 22.8 Å². The van der Waals surface area contributed by atoms with Gasteiger partial charge < -0.3 is 10.2 Å². The Bertz CT molecular complexity index is 863. The van der Waals surface area contributed by atoms with Crippen molar-refractivity contribution in [3.63, 3.8) is 0 Å². The number of hydrogen-bond donors (Lipinski definition) is 2. The monoisotopic (exact) mass is 456 g/mol. The van der Waals surface area contributed by atoms with Gasteiger partial charge >= 0.3 is 5.97 Å². The fraction of sp³-hybridized carbons (Fsp3) is 0.900.